The van der Waals surface area contributed by atoms with Crippen LogP contribution in [0.15, 0.2) is 72.8 Å². The van der Waals surface area contributed by atoms with Crippen LogP contribution >= 0.6 is 0 Å². The summed E-state index contributed by atoms with van der Waals surface area (Å²) >= 11 is 0. The first-order chi connectivity index (χ1) is 19.4. The largest absolute Gasteiger partial charge is 0.430 e. The number of rotatable bonds is 0. The quantitative estimate of drug-likeness (QED) is 0.134. The van der Waals surface area contributed by atoms with Crippen LogP contribution in [0.4, 0.5) is 0 Å². The van der Waals surface area contributed by atoms with Crippen LogP contribution in [-0.2, 0) is 65.4 Å². The molecule has 0 aromatic heterocycles. The molecule has 0 N–H and O–H groups in total. The molecule has 0 saturated heterocycles. The van der Waals surface area contributed by atoms with Crippen molar-refractivity contribution in [2.24, 2.45) is 0 Å². The SMILES string of the molecule is CC.CC.CC.CC.[CH2-]N1C(=O)c2cccc3cccc(c23)C1=O.[CH2-]N1C(=O)c2cccc3cccc(c23)C1=O.[CH3-].[Y].[Y]. The van der Waals surface area contributed by atoms with Gasteiger partial charge in [0.2, 0.25) is 23.6 Å². The van der Waals surface area contributed by atoms with E-state index in [0.717, 1.165) is 31.3 Å². The summed E-state index contributed by atoms with van der Waals surface area (Å²) < 4.78 is 0. The summed E-state index contributed by atoms with van der Waals surface area (Å²) in [5.74, 6) is -1.35. The van der Waals surface area contributed by atoms with E-state index in [-0.39, 0.29) is 96.5 Å². The van der Waals surface area contributed by atoms with Gasteiger partial charge in [-0.2, -0.15) is 0 Å². The van der Waals surface area contributed by atoms with Gasteiger partial charge in [-0.05, 0) is 35.0 Å². The van der Waals surface area contributed by atoms with Crippen molar-refractivity contribution < 1.29 is 84.6 Å². The maximum Gasteiger partial charge on any atom is 0.231 e. The minimum absolute atomic E-state index is 0. The molecule has 43 heavy (non-hydrogen) atoms. The number of carbonyl (C=O) groups is 4. The van der Waals surface area contributed by atoms with E-state index in [9.17, 15) is 19.2 Å². The molecular weight excluding hydrogens is 690 g/mol. The normalized spacial score (nSPS) is 11.5. The Labute approximate surface area is 308 Å². The summed E-state index contributed by atoms with van der Waals surface area (Å²) in [6.07, 6.45) is 0. The van der Waals surface area contributed by atoms with E-state index in [0.29, 0.717) is 22.3 Å². The smallest absolute Gasteiger partial charge is 0.231 e. The van der Waals surface area contributed by atoms with Crippen LogP contribution in [0.2, 0.25) is 0 Å². The van der Waals surface area contributed by atoms with Crippen molar-refractivity contribution in [3.05, 3.63) is 117 Å². The molecule has 0 unspecified atom stereocenters. The van der Waals surface area contributed by atoms with E-state index in [2.05, 4.69) is 14.1 Å². The summed E-state index contributed by atoms with van der Waals surface area (Å²) in [6.45, 7) is 16.0. The van der Waals surface area contributed by atoms with Gasteiger partial charge in [0.1, 0.15) is 0 Å². The minimum Gasteiger partial charge on any atom is -0.430 e. The number of carbonyl (C=O) groups excluding carboxylic acids is 4. The van der Waals surface area contributed by atoms with Crippen LogP contribution in [0.5, 0.6) is 0 Å². The van der Waals surface area contributed by atoms with Gasteiger partial charge in [-0.25, -0.2) is 14.1 Å². The van der Waals surface area contributed by atoms with Crippen LogP contribution in [0.25, 0.3) is 21.5 Å². The first-order valence-corrected chi connectivity index (χ1v) is 13.8. The summed E-state index contributed by atoms with van der Waals surface area (Å²) in [6, 6.07) is 21.7. The van der Waals surface area contributed by atoms with Gasteiger partial charge in [-0.3, -0.25) is 19.2 Å². The third kappa shape index (κ3) is 9.44. The zero-order valence-electron chi connectivity index (χ0n) is 27.0. The Morgan fingerprint density at radius 1 is 0.419 bits per heavy atom. The van der Waals surface area contributed by atoms with E-state index < -0.39 is 0 Å². The molecule has 0 atom stereocenters. The Kier molecular flexibility index (Phi) is 23.6. The topological polar surface area (TPSA) is 74.8 Å². The molecule has 6 rings (SSSR count). The number of amides is 4. The molecule has 0 spiro atoms. The van der Waals surface area contributed by atoms with Crippen molar-refractivity contribution in [1.82, 2.24) is 9.80 Å². The molecule has 0 bridgehead atoms. The van der Waals surface area contributed by atoms with Crippen molar-refractivity contribution in [1.29, 1.82) is 0 Å². The van der Waals surface area contributed by atoms with Gasteiger partial charge in [0.15, 0.2) is 0 Å². The third-order valence-corrected chi connectivity index (χ3v) is 5.71. The fraction of sp³-hybridized carbons (Fsp3) is 0.229. The molecule has 6 nitrogen and oxygen atoms in total. The number of nitrogens with zero attached hydrogens (tertiary/aromatic N) is 2. The Bertz CT molecular complexity index is 1290. The Balaban J connectivity index is -0.000000572. The van der Waals surface area contributed by atoms with Crippen LogP contribution in [-0.4, -0.2) is 33.4 Å². The molecule has 0 aliphatic carbocycles. The summed E-state index contributed by atoms with van der Waals surface area (Å²) in [4.78, 5) is 49.3. The summed E-state index contributed by atoms with van der Waals surface area (Å²) in [7, 11) is 6.96. The monoisotopic (exact) mass is 733 g/mol. The van der Waals surface area contributed by atoms with Gasteiger partial charge < -0.3 is 17.2 Å². The first-order valence-electron chi connectivity index (χ1n) is 13.8. The third-order valence-electron chi connectivity index (χ3n) is 5.71. The van der Waals surface area contributed by atoms with E-state index in [4.69, 9.17) is 0 Å². The molecule has 8 heteroatoms. The van der Waals surface area contributed by atoms with Crippen molar-refractivity contribution in [2.45, 2.75) is 55.4 Å². The summed E-state index contributed by atoms with van der Waals surface area (Å²) in [5.41, 5.74) is 2.18. The number of imide groups is 2. The molecule has 0 fully saturated rings. The number of benzene rings is 4. The Morgan fingerprint density at radius 2 is 0.605 bits per heavy atom. The van der Waals surface area contributed by atoms with E-state index >= 15 is 0 Å². The molecule has 226 valence electrons. The van der Waals surface area contributed by atoms with Crippen LogP contribution in [0, 0.1) is 21.5 Å². The molecule has 2 heterocycles. The fourth-order valence-electron chi connectivity index (χ4n) is 4.16. The van der Waals surface area contributed by atoms with Gasteiger partial charge in [0.05, 0.1) is 0 Å². The average Bonchev–Trinajstić information content (AvgIpc) is 3.04. The maximum atomic E-state index is 11.9. The first kappa shape index (κ1) is 45.3. The van der Waals surface area contributed by atoms with Crippen molar-refractivity contribution in [3.63, 3.8) is 0 Å². The molecule has 4 aromatic rings. The minimum atomic E-state index is -0.339. The zero-order chi connectivity index (χ0) is 30.6. The number of hydrogen-bond donors (Lipinski definition) is 0. The second-order valence-corrected chi connectivity index (χ2v) is 7.50. The van der Waals surface area contributed by atoms with Crippen LogP contribution in [0.3, 0.4) is 0 Å². The van der Waals surface area contributed by atoms with Gasteiger partial charge in [-0.1, -0.05) is 104 Å². The van der Waals surface area contributed by atoms with Crippen molar-refractivity contribution in [3.8, 4) is 0 Å². The Hall–Kier alpha value is -2.11. The van der Waals surface area contributed by atoms with Crippen molar-refractivity contribution >= 4 is 45.2 Å². The Morgan fingerprint density at radius 3 is 0.791 bits per heavy atom. The molecule has 0 saturated carbocycles. The van der Waals surface area contributed by atoms with Crippen molar-refractivity contribution in [2.75, 3.05) is 0 Å². The van der Waals surface area contributed by atoms with E-state index in [1.54, 1.807) is 24.3 Å². The van der Waals surface area contributed by atoms with Crippen LogP contribution < -0.4 is 0 Å². The second-order valence-electron chi connectivity index (χ2n) is 7.50. The molecule has 2 aliphatic rings. The predicted molar refractivity (Wildman–Crippen MR) is 171 cm³/mol. The maximum absolute atomic E-state index is 11.9. The zero-order valence-corrected chi connectivity index (χ0v) is 32.7. The van der Waals surface area contributed by atoms with Gasteiger partial charge in [0.25, 0.3) is 0 Å². The van der Waals surface area contributed by atoms with Crippen LogP contribution in [0.1, 0.15) is 96.8 Å². The second kappa shape index (κ2) is 22.4. The molecule has 4 aromatic carbocycles. The fourth-order valence-corrected chi connectivity index (χ4v) is 4.16. The number of hydrogen-bond acceptors (Lipinski definition) is 4. The standard InChI is InChI=1S/2C13H8NO2.4C2H6.CH3.2Y/c2*1-14-12(15)9-6-2-4-8-5-3-7-10(11(8)9)13(14)16;4*1-2;;;/h2*2-7H,1H2;4*1-2H3;1H3;;/q2*-1;;;;;-1;;. The van der Waals surface area contributed by atoms with E-state index in [1.807, 2.05) is 104 Å². The van der Waals surface area contributed by atoms with Gasteiger partial charge in [0, 0.05) is 98.4 Å². The van der Waals surface area contributed by atoms with E-state index in [1.165, 1.54) is 0 Å². The predicted octanol–water partition coefficient (Wildman–Crippen LogP) is 9.00. The average molecular weight is 734 g/mol. The van der Waals surface area contributed by atoms with Gasteiger partial charge in [-0.15, -0.1) is 0 Å². The summed E-state index contributed by atoms with van der Waals surface area (Å²) in [5, 5.41) is 3.29. The molecule has 2 aliphatic heterocycles. The molecule has 4 amide bonds. The van der Waals surface area contributed by atoms with Gasteiger partial charge >= 0.3 is 0 Å². The molecule has 2 radical (unpaired) electrons. The molecular formula is C35H43N2O4Y2-3.